The molecule has 5 rings (SSSR count). The number of hydrogen-bond acceptors (Lipinski definition) is 2. The Balaban J connectivity index is 1.58. The van der Waals surface area contributed by atoms with E-state index in [1.54, 1.807) is 12.1 Å². The van der Waals surface area contributed by atoms with Gasteiger partial charge >= 0.3 is 0 Å². The van der Waals surface area contributed by atoms with Crippen molar-refractivity contribution in [1.82, 2.24) is 3.97 Å². The smallest absolute Gasteiger partial charge is 0.233 e. The van der Waals surface area contributed by atoms with E-state index in [0.717, 1.165) is 21.9 Å². The van der Waals surface area contributed by atoms with Crippen molar-refractivity contribution in [2.75, 3.05) is 0 Å². The fourth-order valence-corrected chi connectivity index (χ4v) is 5.29. The maximum atomic E-state index is 13.6. The Hall–Kier alpha value is -3.63. The van der Waals surface area contributed by atoms with E-state index in [1.165, 1.54) is 3.97 Å². The van der Waals surface area contributed by atoms with Crippen molar-refractivity contribution >= 4 is 44.0 Å². The maximum absolute atomic E-state index is 13.6. The van der Waals surface area contributed by atoms with Crippen molar-refractivity contribution in [2.24, 2.45) is 0 Å². The molecule has 5 aromatic rings. The predicted molar refractivity (Wildman–Crippen MR) is 124 cm³/mol. The lowest BCUT2D eigenvalue weighted by molar-refractivity contribution is 0.590. The first-order valence-corrected chi connectivity index (χ1v) is 11.2. The second-order valence-electron chi connectivity index (χ2n) is 7.12. The van der Waals surface area contributed by atoms with Crippen LogP contribution in [-0.2, 0) is 10.0 Å². The highest BCUT2D eigenvalue weighted by atomic mass is 32.2. The molecule has 0 unspecified atom stereocenters. The van der Waals surface area contributed by atoms with Crippen LogP contribution in [0.25, 0.3) is 34.0 Å². The van der Waals surface area contributed by atoms with Crippen LogP contribution < -0.4 is 0 Å². The molecule has 0 fully saturated rings. The van der Waals surface area contributed by atoms with E-state index in [2.05, 4.69) is 0 Å². The molecule has 146 valence electrons. The monoisotopic (exact) mass is 409 g/mol. The van der Waals surface area contributed by atoms with Crippen molar-refractivity contribution < 1.29 is 8.42 Å². The Morgan fingerprint density at radius 3 is 1.57 bits per heavy atom. The molecule has 0 aliphatic carbocycles. The molecule has 1 aromatic heterocycles. The highest BCUT2D eigenvalue weighted by Crippen LogP contribution is 2.32. The van der Waals surface area contributed by atoms with Crippen LogP contribution in [0.15, 0.2) is 108 Å². The summed E-state index contributed by atoms with van der Waals surface area (Å²) in [6.07, 6.45) is 3.99. The van der Waals surface area contributed by atoms with E-state index in [4.69, 9.17) is 0 Å². The Morgan fingerprint density at radius 1 is 0.533 bits per heavy atom. The van der Waals surface area contributed by atoms with Gasteiger partial charge in [-0.25, -0.2) is 12.4 Å². The van der Waals surface area contributed by atoms with Crippen molar-refractivity contribution in [3.05, 3.63) is 114 Å². The zero-order chi connectivity index (χ0) is 20.6. The molecule has 3 nitrogen and oxygen atoms in total. The van der Waals surface area contributed by atoms with E-state index in [9.17, 15) is 8.42 Å². The molecule has 0 saturated heterocycles. The predicted octanol–water partition coefficient (Wildman–Crippen LogP) is 6.20. The van der Waals surface area contributed by atoms with Gasteiger partial charge in [-0.15, -0.1) is 0 Å². The van der Waals surface area contributed by atoms with Gasteiger partial charge in [0.15, 0.2) is 0 Å². The molecule has 0 amide bonds. The molecule has 0 spiro atoms. The molecule has 0 bridgehead atoms. The minimum Gasteiger partial charge on any atom is -0.233 e. The third-order valence-electron chi connectivity index (χ3n) is 5.22. The van der Waals surface area contributed by atoms with Crippen LogP contribution in [0.5, 0.6) is 0 Å². The number of para-hydroxylation sites is 2. The number of fused-ring (bicyclic) bond motifs is 3. The molecule has 1 heterocycles. The van der Waals surface area contributed by atoms with E-state index in [0.29, 0.717) is 11.0 Å². The summed E-state index contributed by atoms with van der Waals surface area (Å²) in [5.41, 5.74) is 3.41. The zero-order valence-electron chi connectivity index (χ0n) is 16.1. The third kappa shape index (κ3) is 3.11. The summed E-state index contributed by atoms with van der Waals surface area (Å²) in [5, 5.41) is 1.86. The van der Waals surface area contributed by atoms with Crippen molar-refractivity contribution in [2.45, 2.75) is 4.90 Å². The average Bonchev–Trinajstić information content (AvgIpc) is 3.14. The molecule has 0 radical (unpaired) electrons. The molecule has 4 heteroatoms. The van der Waals surface area contributed by atoms with Gasteiger partial charge in [0.1, 0.15) is 0 Å². The molecule has 0 atom stereocenters. The van der Waals surface area contributed by atoms with Crippen LogP contribution in [0.2, 0.25) is 0 Å². The lowest BCUT2D eigenvalue weighted by atomic mass is 10.1. The number of benzene rings is 4. The Bertz CT molecular complexity index is 1430. The SMILES string of the molecule is O=S(=O)(c1ccc(/C=C/c2ccccc2)cc1)n1c2ccccc2c2ccccc21. The second kappa shape index (κ2) is 7.32. The van der Waals surface area contributed by atoms with Crippen molar-refractivity contribution in [3.8, 4) is 0 Å². The fourth-order valence-electron chi connectivity index (χ4n) is 3.76. The molecular formula is C26H19NO2S. The highest BCUT2D eigenvalue weighted by molar-refractivity contribution is 7.90. The third-order valence-corrected chi connectivity index (χ3v) is 6.96. The Kier molecular flexibility index (Phi) is 4.49. The molecule has 4 aromatic carbocycles. The Morgan fingerprint density at radius 2 is 1.00 bits per heavy atom. The minimum absolute atomic E-state index is 0.269. The first kappa shape index (κ1) is 18.4. The van der Waals surface area contributed by atoms with Gasteiger partial charge in [-0.1, -0.05) is 91.0 Å². The van der Waals surface area contributed by atoms with Crippen LogP contribution in [-0.4, -0.2) is 12.4 Å². The van der Waals surface area contributed by atoms with Gasteiger partial charge in [-0.3, -0.25) is 0 Å². The van der Waals surface area contributed by atoms with Crippen LogP contribution in [0, 0.1) is 0 Å². The van der Waals surface area contributed by atoms with Gasteiger partial charge < -0.3 is 0 Å². The summed E-state index contributed by atoms with van der Waals surface area (Å²) in [4.78, 5) is 0.269. The molecule has 0 N–H and O–H groups in total. The molecule has 0 aliphatic heterocycles. The minimum atomic E-state index is -3.74. The standard InChI is InChI=1S/C26H19NO2S/c28-30(29,22-18-16-21(17-19-22)15-14-20-8-2-1-3-9-20)27-25-12-6-4-10-23(25)24-11-5-7-13-26(24)27/h1-19H/b15-14+. The van der Waals surface area contributed by atoms with E-state index in [1.807, 2.05) is 103 Å². The van der Waals surface area contributed by atoms with Gasteiger partial charge in [0.05, 0.1) is 15.9 Å². The first-order chi connectivity index (χ1) is 14.6. The fraction of sp³-hybridized carbons (Fsp3) is 0. The van der Waals surface area contributed by atoms with Gasteiger partial charge in [0.25, 0.3) is 10.0 Å². The zero-order valence-corrected chi connectivity index (χ0v) is 17.0. The van der Waals surface area contributed by atoms with Gasteiger partial charge in [-0.2, -0.15) is 0 Å². The lowest BCUT2D eigenvalue weighted by Crippen LogP contribution is -2.12. The normalized spacial score (nSPS) is 12.1. The summed E-state index contributed by atoms with van der Waals surface area (Å²) in [6, 6.07) is 32.2. The van der Waals surface area contributed by atoms with Gasteiger partial charge in [-0.05, 0) is 35.4 Å². The quantitative estimate of drug-likeness (QED) is 0.331. The average molecular weight is 410 g/mol. The van der Waals surface area contributed by atoms with E-state index >= 15 is 0 Å². The van der Waals surface area contributed by atoms with Gasteiger partial charge in [0, 0.05) is 10.8 Å². The van der Waals surface area contributed by atoms with Crippen LogP contribution >= 0.6 is 0 Å². The van der Waals surface area contributed by atoms with Crippen LogP contribution in [0.4, 0.5) is 0 Å². The topological polar surface area (TPSA) is 39.1 Å². The molecule has 0 aliphatic rings. The van der Waals surface area contributed by atoms with Crippen LogP contribution in [0.3, 0.4) is 0 Å². The summed E-state index contributed by atoms with van der Waals surface area (Å²) < 4.78 is 28.6. The summed E-state index contributed by atoms with van der Waals surface area (Å²) >= 11 is 0. The molecule has 30 heavy (non-hydrogen) atoms. The first-order valence-electron chi connectivity index (χ1n) is 9.71. The summed E-state index contributed by atoms with van der Waals surface area (Å²) in [5.74, 6) is 0. The van der Waals surface area contributed by atoms with Crippen molar-refractivity contribution in [3.63, 3.8) is 0 Å². The Labute approximate surface area is 175 Å². The van der Waals surface area contributed by atoms with Crippen molar-refractivity contribution in [1.29, 1.82) is 0 Å². The second-order valence-corrected chi connectivity index (χ2v) is 8.90. The largest absolute Gasteiger partial charge is 0.268 e. The number of rotatable bonds is 4. The van der Waals surface area contributed by atoms with E-state index in [-0.39, 0.29) is 4.90 Å². The number of nitrogens with zero attached hydrogens (tertiary/aromatic N) is 1. The highest BCUT2D eigenvalue weighted by Gasteiger charge is 2.22. The summed E-state index contributed by atoms with van der Waals surface area (Å²) in [7, 11) is -3.74. The maximum Gasteiger partial charge on any atom is 0.268 e. The molecule has 0 saturated carbocycles. The number of aromatic nitrogens is 1. The molecular weight excluding hydrogens is 390 g/mol. The van der Waals surface area contributed by atoms with Gasteiger partial charge in [0.2, 0.25) is 0 Å². The van der Waals surface area contributed by atoms with E-state index < -0.39 is 10.0 Å². The number of hydrogen-bond donors (Lipinski definition) is 0. The van der Waals surface area contributed by atoms with Crippen LogP contribution in [0.1, 0.15) is 11.1 Å². The lowest BCUT2D eigenvalue weighted by Gasteiger charge is -2.09. The summed E-state index contributed by atoms with van der Waals surface area (Å²) in [6.45, 7) is 0.